The first kappa shape index (κ1) is 65.1. The topological polar surface area (TPSA) is 288 Å². The van der Waals surface area contributed by atoms with Gasteiger partial charge in [0.25, 0.3) is 5.91 Å². The van der Waals surface area contributed by atoms with Crippen LogP contribution in [0.2, 0.25) is 0 Å². The molecule has 22 heteroatoms. The number of aliphatic hydroxyl groups is 1. The molecule has 0 radical (unpaired) electrons. The number of carbonyl (C=O) groups is 11. The molecule has 3 aliphatic heterocycles. The van der Waals surface area contributed by atoms with Crippen LogP contribution >= 0.6 is 0 Å². The van der Waals surface area contributed by atoms with Gasteiger partial charge in [0.05, 0.1) is 37.6 Å². The minimum absolute atomic E-state index is 0.0614. The Hall–Kier alpha value is -6.45. The number of likely N-dealkylation sites (tertiary alicyclic amines) is 1. The molecule has 440 valence electrons. The number of ketones is 2. The highest BCUT2D eigenvalue weighted by Gasteiger charge is 2.46. The normalized spacial score (nSPS) is 27.2. The molecule has 0 bridgehead atoms. The fourth-order valence-corrected chi connectivity index (χ4v) is 10.6. The van der Waals surface area contributed by atoms with E-state index >= 15 is 4.79 Å². The van der Waals surface area contributed by atoms with Crippen molar-refractivity contribution in [2.75, 3.05) is 34.3 Å². The van der Waals surface area contributed by atoms with Crippen LogP contribution < -0.4 is 26.0 Å². The SMILES string of the molecule is CC[C@H](C)[C@H]1NC(=O)[C@@H](NC(=O)[C@H](CC(C)C)N(C)C(=O)[C@@H]2CCCN2C(=O)C(C)=O)[C@@H](C)OC(=O)[C@H](Cc2ccc(OC)cc2)N(C)C(=O)[C@@H]2CCCN2C(=O)[C@H](CC(C)C)NC(=O)[C@@H](C)C(=O)[C@H](C(C)C)NC(=O)C[C@@H]1O. The number of likely N-dealkylation sites (N-methyl/N-ethyl adjacent to an activating group) is 2. The fourth-order valence-electron chi connectivity index (χ4n) is 10.6. The number of fused-ring (bicyclic) bond motifs is 1. The van der Waals surface area contributed by atoms with Crippen molar-refractivity contribution in [2.45, 2.75) is 194 Å². The Morgan fingerprint density at radius 2 is 1.49 bits per heavy atom. The summed E-state index contributed by atoms with van der Waals surface area (Å²) in [7, 11) is 4.28. The van der Waals surface area contributed by atoms with E-state index in [9.17, 15) is 53.1 Å². The Morgan fingerprint density at radius 3 is 2.06 bits per heavy atom. The van der Waals surface area contributed by atoms with Gasteiger partial charge in [0, 0.05) is 40.5 Å². The number of nitrogens with one attached hydrogen (secondary N) is 4. The third-order valence-electron chi connectivity index (χ3n) is 15.6. The first-order chi connectivity index (χ1) is 37.0. The van der Waals surface area contributed by atoms with Gasteiger partial charge in [-0.15, -0.1) is 0 Å². The summed E-state index contributed by atoms with van der Waals surface area (Å²) in [4.78, 5) is 161. The number of carbonyl (C=O) groups excluding carboxylic acids is 11. The third-order valence-corrected chi connectivity index (χ3v) is 15.6. The van der Waals surface area contributed by atoms with E-state index in [0.29, 0.717) is 30.6 Å². The molecule has 3 heterocycles. The maximum absolute atomic E-state index is 15.0. The number of esters is 1. The molecule has 1 aromatic rings. The number of hydrogen-bond donors (Lipinski definition) is 5. The highest BCUT2D eigenvalue weighted by Crippen LogP contribution is 2.27. The molecular formula is C57H88N8O14. The van der Waals surface area contributed by atoms with E-state index in [-0.39, 0.29) is 57.0 Å². The fraction of sp³-hybridized carbons (Fsp3) is 0.702. The molecule has 0 unspecified atom stereocenters. The minimum atomic E-state index is -1.76. The van der Waals surface area contributed by atoms with Gasteiger partial charge in [-0.05, 0) is 93.7 Å². The average molecular weight is 1110 g/mol. The molecule has 0 aliphatic carbocycles. The van der Waals surface area contributed by atoms with E-state index in [4.69, 9.17) is 9.47 Å². The van der Waals surface area contributed by atoms with Gasteiger partial charge in [-0.3, -0.25) is 47.9 Å². The number of nitrogens with zero attached hydrogens (tertiary/aromatic N) is 4. The number of hydrogen-bond acceptors (Lipinski definition) is 14. The summed E-state index contributed by atoms with van der Waals surface area (Å²) in [6.07, 6.45) is -2.03. The lowest BCUT2D eigenvalue weighted by atomic mass is 9.89. The zero-order chi connectivity index (χ0) is 59.3. The van der Waals surface area contributed by atoms with Gasteiger partial charge >= 0.3 is 5.97 Å². The molecule has 12 atom stereocenters. The van der Waals surface area contributed by atoms with Crippen molar-refractivity contribution in [3.05, 3.63) is 29.8 Å². The van der Waals surface area contributed by atoms with Crippen molar-refractivity contribution < 1.29 is 67.3 Å². The molecule has 0 saturated carbocycles. The Labute approximate surface area is 465 Å². The van der Waals surface area contributed by atoms with Crippen molar-refractivity contribution in [1.82, 2.24) is 40.9 Å². The smallest absolute Gasteiger partial charge is 0.329 e. The van der Waals surface area contributed by atoms with Gasteiger partial charge in [-0.25, -0.2) is 4.79 Å². The van der Waals surface area contributed by atoms with Gasteiger partial charge in [-0.1, -0.05) is 73.9 Å². The van der Waals surface area contributed by atoms with Crippen molar-refractivity contribution in [3.8, 4) is 5.75 Å². The Balaban J connectivity index is 1.89. The molecule has 1 aromatic carbocycles. The summed E-state index contributed by atoms with van der Waals surface area (Å²) in [6.45, 7) is 18.4. The lowest BCUT2D eigenvalue weighted by Crippen LogP contribution is -2.62. The van der Waals surface area contributed by atoms with E-state index < -0.39 is 150 Å². The number of rotatable bonds is 15. The summed E-state index contributed by atoms with van der Waals surface area (Å²) >= 11 is 0. The molecule has 0 aromatic heterocycles. The van der Waals surface area contributed by atoms with E-state index in [1.165, 1.54) is 54.7 Å². The lowest BCUT2D eigenvalue weighted by molar-refractivity contribution is -0.162. The van der Waals surface area contributed by atoms with Crippen molar-refractivity contribution in [1.29, 1.82) is 0 Å². The summed E-state index contributed by atoms with van der Waals surface area (Å²) in [6, 6.07) is -3.41. The molecule has 79 heavy (non-hydrogen) atoms. The summed E-state index contributed by atoms with van der Waals surface area (Å²) < 4.78 is 11.5. The van der Waals surface area contributed by atoms with Crippen LogP contribution in [0.4, 0.5) is 0 Å². The molecule has 3 saturated heterocycles. The van der Waals surface area contributed by atoms with E-state index in [2.05, 4.69) is 21.3 Å². The van der Waals surface area contributed by atoms with Gasteiger partial charge in [0.2, 0.25) is 47.1 Å². The Morgan fingerprint density at radius 1 is 0.861 bits per heavy atom. The summed E-state index contributed by atoms with van der Waals surface area (Å²) in [5, 5.41) is 22.9. The highest BCUT2D eigenvalue weighted by molar-refractivity contribution is 6.35. The standard InChI is InChI=1S/C57H88N8O14/c1-15-33(8)47-44(67)29-45(68)59-46(32(6)7)49(69)34(9)50(70)58-39(26-30(2)3)54(74)65-25-17-19-41(65)56(76)63(13)43(28-37-20-22-38(78-14)23-21-37)57(77)79-36(11)48(52(72)60-47)61-51(71)42(27-31(4)5)62(12)55(75)40-18-16-24-64(40)53(73)35(10)66/h20-23,30-34,36,39-44,46-48,67H,15-19,24-29H2,1-14H3,(H,58,70)(H,59,68)(H,60,72)(H,61,71)/t33-,34-,36+,39-,40-,41-,42-,43-,44-,46-,47+,48-/m0/s1. The predicted octanol–water partition coefficient (Wildman–Crippen LogP) is 2.10. The number of amides is 8. The summed E-state index contributed by atoms with van der Waals surface area (Å²) in [5.74, 6) is -10.6. The predicted molar refractivity (Wildman–Crippen MR) is 291 cm³/mol. The van der Waals surface area contributed by atoms with Crippen LogP contribution in [-0.4, -0.2) is 184 Å². The van der Waals surface area contributed by atoms with Crippen LogP contribution in [-0.2, 0) is 63.9 Å². The average Bonchev–Trinajstić information content (AvgIpc) is 4.13. The monoisotopic (exact) mass is 1110 g/mol. The minimum Gasteiger partial charge on any atom is -0.497 e. The number of Topliss-reactive ketones (excluding diaryl/α,β-unsaturated/α-hetero) is 2. The largest absolute Gasteiger partial charge is 0.497 e. The van der Waals surface area contributed by atoms with Crippen molar-refractivity contribution >= 4 is 64.8 Å². The second-order valence-corrected chi connectivity index (χ2v) is 22.9. The number of benzene rings is 1. The van der Waals surface area contributed by atoms with Gasteiger partial charge in [-0.2, -0.15) is 0 Å². The second kappa shape index (κ2) is 29.1. The maximum Gasteiger partial charge on any atom is 0.329 e. The van der Waals surface area contributed by atoms with Crippen LogP contribution in [0.25, 0.3) is 0 Å². The van der Waals surface area contributed by atoms with E-state index in [0.717, 1.165) is 6.92 Å². The quantitative estimate of drug-likeness (QED) is 0.0956. The van der Waals surface area contributed by atoms with Crippen LogP contribution in [0.5, 0.6) is 5.75 Å². The molecule has 0 spiro atoms. The molecular weight excluding hydrogens is 1020 g/mol. The molecule has 3 fully saturated rings. The number of ether oxygens (including phenoxy) is 2. The number of cyclic esters (lactones) is 1. The second-order valence-electron chi connectivity index (χ2n) is 22.9. The molecule has 3 aliphatic rings. The molecule has 22 nitrogen and oxygen atoms in total. The summed E-state index contributed by atoms with van der Waals surface area (Å²) in [5.41, 5.74) is 0.571. The zero-order valence-corrected chi connectivity index (χ0v) is 48.8. The van der Waals surface area contributed by atoms with Crippen LogP contribution in [0.1, 0.15) is 133 Å². The van der Waals surface area contributed by atoms with Crippen LogP contribution in [0, 0.1) is 29.6 Å². The lowest BCUT2D eigenvalue weighted by Gasteiger charge is -2.36. The van der Waals surface area contributed by atoms with E-state index in [1.54, 1.807) is 52.0 Å². The van der Waals surface area contributed by atoms with Gasteiger partial charge in [0.15, 0.2) is 5.78 Å². The zero-order valence-electron chi connectivity index (χ0n) is 48.8. The molecule has 5 N–H and O–H groups in total. The highest BCUT2D eigenvalue weighted by atomic mass is 16.5. The maximum atomic E-state index is 15.0. The first-order valence-electron chi connectivity index (χ1n) is 28.0. The molecule has 4 rings (SSSR count). The number of methoxy groups -OCH3 is 1. The van der Waals surface area contributed by atoms with E-state index in [1.807, 2.05) is 27.7 Å². The first-order valence-corrected chi connectivity index (χ1v) is 28.0. The van der Waals surface area contributed by atoms with Crippen LogP contribution in [0.3, 0.4) is 0 Å². The Kier molecular flexibility index (Phi) is 24.0. The molecule has 8 amide bonds. The van der Waals surface area contributed by atoms with Crippen molar-refractivity contribution in [2.24, 2.45) is 29.6 Å². The van der Waals surface area contributed by atoms with Gasteiger partial charge < -0.3 is 55.4 Å². The number of aliphatic hydroxyl groups excluding tert-OH is 1. The van der Waals surface area contributed by atoms with Crippen LogP contribution in [0.15, 0.2) is 24.3 Å². The van der Waals surface area contributed by atoms with Crippen molar-refractivity contribution in [3.63, 3.8) is 0 Å². The Bertz CT molecular complexity index is 2380. The van der Waals surface area contributed by atoms with Gasteiger partial charge in [0.1, 0.15) is 48.1 Å². The third kappa shape index (κ3) is 16.8.